The van der Waals surface area contributed by atoms with E-state index in [9.17, 15) is 56.4 Å². The van der Waals surface area contributed by atoms with Crippen LogP contribution in [0.4, 0.5) is 42.5 Å². The fourth-order valence-electron chi connectivity index (χ4n) is 11.2. The van der Waals surface area contributed by atoms with Gasteiger partial charge in [0.2, 0.25) is 0 Å². The summed E-state index contributed by atoms with van der Waals surface area (Å²) in [4.78, 5) is 55.7. The third-order valence-electron chi connectivity index (χ3n) is 15.5. The van der Waals surface area contributed by atoms with Crippen LogP contribution in [0, 0.1) is 22.7 Å². The van der Waals surface area contributed by atoms with Gasteiger partial charge in [-0.3, -0.25) is 14.7 Å². The van der Waals surface area contributed by atoms with Crippen LogP contribution in [0.3, 0.4) is 0 Å². The van der Waals surface area contributed by atoms with Crippen LogP contribution in [0.2, 0.25) is 0 Å². The van der Waals surface area contributed by atoms with E-state index in [1.807, 2.05) is 0 Å². The molecule has 0 bridgehead atoms. The lowest BCUT2D eigenvalue weighted by molar-refractivity contribution is -0.572. The second-order valence-electron chi connectivity index (χ2n) is 20.5. The number of nitrogens with zero attached hydrogens (tertiary/aromatic N) is 10. The maximum atomic E-state index is 14.6. The number of piperazine rings is 2. The van der Waals surface area contributed by atoms with Crippen LogP contribution < -0.4 is 9.80 Å². The van der Waals surface area contributed by atoms with Crippen LogP contribution in [0.1, 0.15) is 86.0 Å². The van der Waals surface area contributed by atoms with E-state index in [0.717, 1.165) is 94.6 Å². The second-order valence-corrected chi connectivity index (χ2v) is 20.5. The molecule has 0 aliphatic carbocycles. The van der Waals surface area contributed by atoms with Crippen LogP contribution in [0.25, 0.3) is 0 Å². The molecule has 0 radical (unpaired) electrons. The predicted octanol–water partition coefficient (Wildman–Crippen LogP) is 9.33. The van der Waals surface area contributed by atoms with E-state index in [4.69, 9.17) is 9.47 Å². The molecule has 4 aromatic rings. The van der Waals surface area contributed by atoms with Gasteiger partial charge in [0.15, 0.2) is 6.04 Å². The lowest BCUT2D eigenvalue weighted by Crippen LogP contribution is -2.53. The molecular formula is C60H67F6N10O6+. The number of halogens is 6. The highest BCUT2D eigenvalue weighted by molar-refractivity contribution is 6.03. The number of allylic oxidation sites excluding steroid dienone is 2. The molecule has 4 aromatic carbocycles. The highest BCUT2D eigenvalue weighted by Crippen LogP contribution is 2.43. The van der Waals surface area contributed by atoms with E-state index >= 15 is 0 Å². The molecule has 2 atom stereocenters. The van der Waals surface area contributed by atoms with Gasteiger partial charge in [-0.2, -0.15) is 41.8 Å². The number of rotatable bonds is 19. The van der Waals surface area contributed by atoms with Crippen LogP contribution in [0.5, 0.6) is 0 Å². The summed E-state index contributed by atoms with van der Waals surface area (Å²) in [6.45, 7) is 16.2. The zero-order chi connectivity index (χ0) is 58.9. The Bertz CT molecular complexity index is 3140. The maximum Gasteiger partial charge on any atom is 0.454 e. The molecule has 434 valence electrons. The van der Waals surface area contributed by atoms with Gasteiger partial charge in [-0.25, -0.2) is 19.0 Å². The minimum atomic E-state index is -4.68. The highest BCUT2D eigenvalue weighted by atomic mass is 19.4. The largest absolute Gasteiger partial charge is 0.463 e. The number of nitriles is 2. The van der Waals surface area contributed by atoms with Gasteiger partial charge in [-0.05, 0) is 113 Å². The van der Waals surface area contributed by atoms with Crippen LogP contribution in [-0.2, 0) is 31.4 Å². The first-order valence-electron chi connectivity index (χ1n) is 27.5. The van der Waals surface area contributed by atoms with Crippen molar-refractivity contribution in [1.82, 2.24) is 24.5 Å². The van der Waals surface area contributed by atoms with Crippen LogP contribution >= 0.6 is 0 Å². The zero-order valence-corrected chi connectivity index (χ0v) is 46.3. The first-order chi connectivity index (χ1) is 39.3. The number of hydrogen-bond donors (Lipinski definition) is 1. The Hall–Kier alpha value is -7.76. The number of carbonyl (C=O) groups excluding carboxylic acids is 3. The van der Waals surface area contributed by atoms with E-state index in [0.29, 0.717) is 48.2 Å². The van der Waals surface area contributed by atoms with E-state index in [2.05, 4.69) is 31.7 Å². The summed E-state index contributed by atoms with van der Waals surface area (Å²) in [6.07, 6.45) is -8.31. The van der Waals surface area contributed by atoms with Gasteiger partial charge in [0, 0.05) is 89.8 Å². The van der Waals surface area contributed by atoms with Gasteiger partial charge in [0.25, 0.3) is 0 Å². The Morgan fingerprint density at radius 3 is 1.49 bits per heavy atom. The number of benzene rings is 4. The Balaban J connectivity index is 0.865. The van der Waals surface area contributed by atoms with Gasteiger partial charge < -0.3 is 29.3 Å². The van der Waals surface area contributed by atoms with Crippen molar-refractivity contribution in [2.75, 3.05) is 115 Å². The normalized spacial score (nSPS) is 19.2. The van der Waals surface area contributed by atoms with Crippen molar-refractivity contribution in [2.45, 2.75) is 65.0 Å². The molecule has 82 heavy (non-hydrogen) atoms. The summed E-state index contributed by atoms with van der Waals surface area (Å²) in [7, 11) is 0. The molecule has 0 spiro atoms. The molecule has 4 aliphatic rings. The molecule has 16 nitrogen and oxygen atoms in total. The van der Waals surface area contributed by atoms with E-state index < -0.39 is 53.5 Å². The fraction of sp³-hybridized carbons (Fsp3) is 0.433. The number of aliphatic hydroxyl groups is 1. The maximum absolute atomic E-state index is 14.6. The van der Waals surface area contributed by atoms with E-state index in [1.54, 1.807) is 73.9 Å². The van der Waals surface area contributed by atoms with Gasteiger partial charge in [-0.1, -0.05) is 36.4 Å². The zero-order valence-electron chi connectivity index (χ0n) is 46.3. The summed E-state index contributed by atoms with van der Waals surface area (Å²) in [6, 6.07) is 23.6. The number of carbonyl (C=O) groups is 3. The second kappa shape index (κ2) is 26.4. The Kier molecular flexibility index (Phi) is 19.5. The Labute approximate surface area is 473 Å². The molecule has 0 unspecified atom stereocenters. The SMILES string of the molecule is CCOC(=O)C1=C(C)N(c2cccc(C(F)(F)F)c2)C(=O)N(CCCN2CCN(CCN3CCN(CCC[N+]4=C(O)N(c5cccc(C(F)(F)F)c5)C(C)=C(C(=O)OCC)[C@H]4c4ccc(C#N)cc4)CC3)CC2)[C@@H]1c1ccc(C#N)cc1. The standard InChI is InChI=1S/C60H66F6N10O6/c1-5-81-55(77)51-41(3)75(49-13-7-11-47(37-49)59(61,62)63)57(79)73(53(51)45-19-15-43(39-67)16-20-45)25-9-23-69-27-31-71(32-28-69)35-36-72-33-29-70(30-34-72)24-10-26-74-54(46-21-17-44(40-68)18-22-46)52(56(78)82-6-2)42(4)76(58(74)80)50-14-8-12-48(38-50)60(64,65)66/h7-8,11-22,37-38,53-54H,5-6,9-10,23-36H2,1-4H3/p+1/t53-,54-/m1/s1. The van der Waals surface area contributed by atoms with Gasteiger partial charge in [-0.15, -0.1) is 0 Å². The number of anilines is 2. The summed E-state index contributed by atoms with van der Waals surface area (Å²) in [5, 5.41) is 31.1. The van der Waals surface area contributed by atoms with Gasteiger partial charge in [0.1, 0.15) is 17.0 Å². The average molecular weight is 1140 g/mol. The molecule has 2 saturated heterocycles. The predicted molar refractivity (Wildman–Crippen MR) is 294 cm³/mol. The summed E-state index contributed by atoms with van der Waals surface area (Å²) in [5.41, 5.74) is 0.604. The smallest absolute Gasteiger partial charge is 0.454 e. The molecule has 2 fully saturated rings. The monoisotopic (exact) mass is 1140 g/mol. The molecule has 22 heteroatoms. The van der Waals surface area contributed by atoms with Crippen molar-refractivity contribution in [1.29, 1.82) is 10.5 Å². The number of hydrogen-bond acceptors (Lipinski definition) is 12. The van der Waals surface area contributed by atoms with Crippen LogP contribution in [0.15, 0.2) is 120 Å². The first kappa shape index (κ1) is 60.3. The summed E-state index contributed by atoms with van der Waals surface area (Å²) >= 11 is 0. The Morgan fingerprint density at radius 1 is 0.598 bits per heavy atom. The van der Waals surface area contributed by atoms with Crippen molar-refractivity contribution in [3.8, 4) is 12.1 Å². The lowest BCUT2D eigenvalue weighted by atomic mass is 9.92. The number of esters is 2. The molecule has 4 heterocycles. The van der Waals surface area contributed by atoms with Crippen molar-refractivity contribution in [3.05, 3.63) is 153 Å². The van der Waals surface area contributed by atoms with Crippen LogP contribution in [-0.4, -0.2) is 163 Å². The quantitative estimate of drug-likeness (QED) is 0.0538. The topological polar surface area (TPSA) is 163 Å². The van der Waals surface area contributed by atoms with Crippen molar-refractivity contribution >= 4 is 35.4 Å². The Morgan fingerprint density at radius 2 is 1.02 bits per heavy atom. The van der Waals surface area contributed by atoms with Crippen molar-refractivity contribution in [2.24, 2.45) is 0 Å². The summed E-state index contributed by atoms with van der Waals surface area (Å²) < 4.78 is 96.4. The third-order valence-corrected chi connectivity index (χ3v) is 15.5. The lowest BCUT2D eigenvalue weighted by Gasteiger charge is -2.43. The van der Waals surface area contributed by atoms with Crippen molar-refractivity contribution < 1.29 is 59.9 Å². The average Bonchev–Trinajstić information content (AvgIpc) is 3.66. The molecule has 4 aliphatic heterocycles. The molecule has 0 saturated carbocycles. The fourth-order valence-corrected chi connectivity index (χ4v) is 11.2. The van der Waals surface area contributed by atoms with Crippen molar-refractivity contribution in [3.63, 3.8) is 0 Å². The van der Waals surface area contributed by atoms with E-state index in [1.165, 1.54) is 41.0 Å². The van der Waals surface area contributed by atoms with Gasteiger partial charge >= 0.3 is 36.3 Å². The minimum absolute atomic E-state index is 0.0167. The number of ether oxygens (including phenoxy) is 2. The van der Waals surface area contributed by atoms with Gasteiger partial charge in [0.05, 0.1) is 71.5 Å². The minimum Gasteiger partial charge on any atom is -0.463 e. The molecule has 2 amide bonds. The highest BCUT2D eigenvalue weighted by Gasteiger charge is 2.47. The number of alkyl halides is 6. The summed E-state index contributed by atoms with van der Waals surface area (Å²) in [5.74, 6) is -1.39. The number of urea groups is 1. The number of amides is 2. The molecule has 0 aromatic heterocycles. The molecular weight excluding hydrogens is 1070 g/mol. The third kappa shape index (κ3) is 13.8. The number of amidine groups is 1. The first-order valence-corrected chi connectivity index (χ1v) is 27.5. The number of aliphatic hydroxyl groups excluding tert-OH is 1. The molecule has 8 rings (SSSR count). The molecule has 1 N–H and O–H groups in total. The van der Waals surface area contributed by atoms with E-state index in [-0.39, 0.29) is 66.2 Å².